The van der Waals surface area contributed by atoms with Gasteiger partial charge in [0.15, 0.2) is 5.78 Å². The van der Waals surface area contributed by atoms with Gasteiger partial charge in [0.25, 0.3) is 0 Å². The molecular formula is C16H10N2O. The summed E-state index contributed by atoms with van der Waals surface area (Å²) in [6, 6.07) is 13.1. The van der Waals surface area contributed by atoms with Crippen LogP contribution in [-0.4, -0.2) is 10.8 Å². The van der Waals surface area contributed by atoms with Crippen molar-refractivity contribution in [3.05, 3.63) is 59.8 Å². The number of nitrogens with zero attached hydrogens (tertiary/aromatic N) is 1. The van der Waals surface area contributed by atoms with Crippen LogP contribution in [0, 0.1) is 0 Å². The van der Waals surface area contributed by atoms with Crippen LogP contribution in [-0.2, 0) is 0 Å². The van der Waals surface area contributed by atoms with Crippen molar-refractivity contribution in [3.63, 3.8) is 0 Å². The molecule has 3 nitrogen and oxygen atoms in total. The van der Waals surface area contributed by atoms with Crippen molar-refractivity contribution in [2.45, 2.75) is 0 Å². The summed E-state index contributed by atoms with van der Waals surface area (Å²) >= 11 is 0. The quantitative estimate of drug-likeness (QED) is 0.485. The number of anilines is 1. The molecule has 2 N–H and O–H groups in total. The first-order chi connectivity index (χ1) is 9.25. The van der Waals surface area contributed by atoms with Crippen molar-refractivity contribution < 1.29 is 4.79 Å². The molecule has 19 heavy (non-hydrogen) atoms. The van der Waals surface area contributed by atoms with Gasteiger partial charge in [-0.25, -0.2) is 0 Å². The zero-order chi connectivity index (χ0) is 13.0. The lowest BCUT2D eigenvalue weighted by Crippen LogP contribution is -2.11. The van der Waals surface area contributed by atoms with Crippen LogP contribution in [0.3, 0.4) is 0 Å². The fraction of sp³-hybridized carbons (Fsp3) is 0. The standard InChI is InChI=1S/C16H10N2O/c17-10-4-5-11-13(8-10)16(19)12-3-1-2-9-6-7-18-15(11)14(9)12/h1-8H,17H2. The maximum absolute atomic E-state index is 12.6. The number of hydrogen-bond acceptors (Lipinski definition) is 3. The second kappa shape index (κ2) is 3.42. The summed E-state index contributed by atoms with van der Waals surface area (Å²) in [5, 5.41) is 1.98. The van der Waals surface area contributed by atoms with Crippen molar-refractivity contribution >= 4 is 22.2 Å². The number of benzene rings is 2. The highest BCUT2D eigenvalue weighted by Gasteiger charge is 2.25. The molecule has 0 amide bonds. The second-order valence-electron chi connectivity index (χ2n) is 4.70. The van der Waals surface area contributed by atoms with Crippen LogP contribution >= 0.6 is 0 Å². The van der Waals surface area contributed by atoms with E-state index in [0.29, 0.717) is 16.8 Å². The van der Waals surface area contributed by atoms with Gasteiger partial charge in [0.05, 0.1) is 5.69 Å². The molecule has 0 saturated heterocycles. The molecule has 0 saturated carbocycles. The van der Waals surface area contributed by atoms with Crippen LogP contribution in [0.2, 0.25) is 0 Å². The third-order valence-electron chi connectivity index (χ3n) is 3.58. The van der Waals surface area contributed by atoms with E-state index < -0.39 is 0 Å². The van der Waals surface area contributed by atoms with Gasteiger partial charge >= 0.3 is 0 Å². The van der Waals surface area contributed by atoms with Crippen molar-refractivity contribution in [2.75, 3.05) is 5.73 Å². The van der Waals surface area contributed by atoms with E-state index in [1.165, 1.54) is 0 Å². The van der Waals surface area contributed by atoms with E-state index in [1.807, 2.05) is 30.3 Å². The largest absolute Gasteiger partial charge is 0.399 e. The van der Waals surface area contributed by atoms with Gasteiger partial charge in [0.2, 0.25) is 0 Å². The highest BCUT2D eigenvalue weighted by atomic mass is 16.1. The molecule has 0 atom stereocenters. The summed E-state index contributed by atoms with van der Waals surface area (Å²) in [4.78, 5) is 17.0. The molecule has 0 aliphatic heterocycles. The summed E-state index contributed by atoms with van der Waals surface area (Å²) in [7, 11) is 0. The van der Waals surface area contributed by atoms with Crippen molar-refractivity contribution in [1.82, 2.24) is 4.98 Å². The molecule has 1 aliphatic rings. The van der Waals surface area contributed by atoms with Gasteiger partial charge in [-0.15, -0.1) is 0 Å². The fourth-order valence-corrected chi connectivity index (χ4v) is 2.72. The fourth-order valence-electron chi connectivity index (χ4n) is 2.72. The Morgan fingerprint density at radius 1 is 0.947 bits per heavy atom. The number of nitrogens with two attached hydrogens (primary N) is 1. The normalized spacial score (nSPS) is 12.5. The van der Waals surface area contributed by atoms with Crippen LogP contribution in [0.4, 0.5) is 5.69 Å². The number of fused-ring (bicyclic) bond motifs is 2. The number of ketones is 1. The molecule has 0 bridgehead atoms. The molecule has 2 aromatic carbocycles. The van der Waals surface area contributed by atoms with Gasteiger partial charge in [-0.1, -0.05) is 18.2 Å². The average Bonchev–Trinajstić information content (AvgIpc) is 2.44. The molecule has 1 heterocycles. The monoisotopic (exact) mass is 246 g/mol. The molecular weight excluding hydrogens is 236 g/mol. The lowest BCUT2D eigenvalue weighted by molar-refractivity contribution is 0.104. The Hall–Kier alpha value is -2.68. The van der Waals surface area contributed by atoms with Crippen molar-refractivity contribution in [1.29, 1.82) is 0 Å². The van der Waals surface area contributed by atoms with Crippen LogP contribution in [0.1, 0.15) is 15.9 Å². The summed E-state index contributed by atoms with van der Waals surface area (Å²) in [6.07, 6.45) is 1.78. The first-order valence-electron chi connectivity index (χ1n) is 6.08. The topological polar surface area (TPSA) is 56.0 Å². The SMILES string of the molecule is Nc1ccc2c(c1)C(=O)c1cccc3ccnc-2c13. The van der Waals surface area contributed by atoms with Crippen LogP contribution in [0.25, 0.3) is 22.0 Å². The molecule has 4 rings (SSSR count). The zero-order valence-electron chi connectivity index (χ0n) is 10.1. The smallest absolute Gasteiger partial charge is 0.194 e. The molecule has 0 radical (unpaired) electrons. The Labute approximate surface area is 109 Å². The number of carbonyl (C=O) groups is 1. The van der Waals surface area contributed by atoms with Crippen LogP contribution in [0.5, 0.6) is 0 Å². The molecule has 0 spiro atoms. The summed E-state index contributed by atoms with van der Waals surface area (Å²) in [6.45, 7) is 0. The molecule has 0 unspecified atom stereocenters. The molecule has 3 aromatic rings. The number of carbonyl (C=O) groups excluding carboxylic acids is 1. The molecule has 0 fully saturated rings. The van der Waals surface area contributed by atoms with Gasteiger partial charge in [0, 0.05) is 34.0 Å². The third kappa shape index (κ3) is 1.27. The average molecular weight is 246 g/mol. The number of hydrogen-bond donors (Lipinski definition) is 1. The highest BCUT2D eigenvalue weighted by molar-refractivity contribution is 6.25. The van der Waals surface area contributed by atoms with E-state index in [1.54, 1.807) is 18.3 Å². The predicted octanol–water partition coefficient (Wildman–Crippen LogP) is 3.03. The van der Waals surface area contributed by atoms with E-state index in [-0.39, 0.29) is 5.78 Å². The van der Waals surface area contributed by atoms with Crippen LogP contribution in [0.15, 0.2) is 48.7 Å². The summed E-state index contributed by atoms with van der Waals surface area (Å²) in [5.41, 5.74) is 9.46. The minimum atomic E-state index is 0.0217. The minimum absolute atomic E-state index is 0.0217. The maximum atomic E-state index is 12.6. The maximum Gasteiger partial charge on any atom is 0.194 e. The second-order valence-corrected chi connectivity index (χ2v) is 4.70. The van der Waals surface area contributed by atoms with Gasteiger partial charge in [0.1, 0.15) is 0 Å². The molecule has 90 valence electrons. The Morgan fingerprint density at radius 2 is 1.84 bits per heavy atom. The van der Waals surface area contributed by atoms with Gasteiger partial charge in [-0.05, 0) is 29.7 Å². The van der Waals surface area contributed by atoms with E-state index >= 15 is 0 Å². The third-order valence-corrected chi connectivity index (χ3v) is 3.58. The number of aromatic nitrogens is 1. The van der Waals surface area contributed by atoms with Gasteiger partial charge in [-0.2, -0.15) is 0 Å². The first kappa shape index (κ1) is 10.3. The minimum Gasteiger partial charge on any atom is -0.399 e. The number of nitrogen functional groups attached to an aromatic ring is 1. The molecule has 3 heteroatoms. The highest BCUT2D eigenvalue weighted by Crippen LogP contribution is 2.38. The lowest BCUT2D eigenvalue weighted by atomic mass is 9.85. The van der Waals surface area contributed by atoms with E-state index in [2.05, 4.69) is 4.98 Å². The Morgan fingerprint density at radius 3 is 2.74 bits per heavy atom. The Kier molecular flexibility index (Phi) is 1.85. The van der Waals surface area contributed by atoms with E-state index in [4.69, 9.17) is 5.73 Å². The van der Waals surface area contributed by atoms with Gasteiger partial charge < -0.3 is 5.73 Å². The Bertz CT molecular complexity index is 847. The van der Waals surface area contributed by atoms with Crippen LogP contribution < -0.4 is 5.73 Å². The summed E-state index contributed by atoms with van der Waals surface area (Å²) in [5.74, 6) is 0.0217. The van der Waals surface area contributed by atoms with E-state index in [9.17, 15) is 4.79 Å². The number of pyridine rings is 1. The van der Waals surface area contributed by atoms with Crippen molar-refractivity contribution in [3.8, 4) is 11.3 Å². The summed E-state index contributed by atoms with van der Waals surface area (Å²) < 4.78 is 0. The number of rotatable bonds is 0. The predicted molar refractivity (Wildman–Crippen MR) is 75.0 cm³/mol. The lowest BCUT2D eigenvalue weighted by Gasteiger charge is -2.18. The van der Waals surface area contributed by atoms with Gasteiger partial charge in [-0.3, -0.25) is 9.78 Å². The molecule has 1 aliphatic carbocycles. The Balaban J connectivity index is 2.24. The zero-order valence-corrected chi connectivity index (χ0v) is 10.1. The molecule has 1 aromatic heterocycles. The van der Waals surface area contributed by atoms with Crippen molar-refractivity contribution in [2.24, 2.45) is 0 Å². The van der Waals surface area contributed by atoms with E-state index in [0.717, 1.165) is 22.0 Å². The first-order valence-corrected chi connectivity index (χ1v) is 6.08.